The Balaban J connectivity index is 1.49. The second-order valence-electron chi connectivity index (χ2n) is 6.72. The van der Waals surface area contributed by atoms with Crippen LogP contribution in [0.3, 0.4) is 0 Å². The minimum atomic E-state index is -0.118. The number of hydrogen-bond acceptors (Lipinski definition) is 3. The number of rotatable bonds is 7. The van der Waals surface area contributed by atoms with E-state index in [1.54, 1.807) is 43.1 Å². The summed E-state index contributed by atoms with van der Waals surface area (Å²) in [7, 11) is 1.66. The van der Waals surface area contributed by atoms with Crippen molar-refractivity contribution in [2.24, 2.45) is 0 Å². The van der Waals surface area contributed by atoms with Crippen LogP contribution in [0, 0.1) is 0 Å². The van der Waals surface area contributed by atoms with Crippen LogP contribution >= 0.6 is 23.4 Å². The molecule has 2 N–H and O–H groups in total. The van der Waals surface area contributed by atoms with E-state index in [1.807, 2.05) is 24.3 Å². The zero-order valence-electron chi connectivity index (χ0n) is 16.4. The van der Waals surface area contributed by atoms with Crippen LogP contribution in [0.2, 0.25) is 5.02 Å². The lowest BCUT2D eigenvalue weighted by molar-refractivity contribution is 0.0956. The molecule has 0 fully saturated rings. The first kappa shape index (κ1) is 20.4. The largest absolute Gasteiger partial charge is 0.497 e. The normalized spacial score (nSPS) is 10.9. The van der Waals surface area contributed by atoms with Gasteiger partial charge in [-0.1, -0.05) is 35.9 Å². The molecule has 0 aliphatic carbocycles. The van der Waals surface area contributed by atoms with Gasteiger partial charge in [-0.3, -0.25) is 4.79 Å². The second-order valence-corrected chi connectivity index (χ2v) is 8.26. The highest BCUT2D eigenvalue weighted by Crippen LogP contribution is 2.38. The van der Waals surface area contributed by atoms with Crippen LogP contribution < -0.4 is 10.1 Å². The van der Waals surface area contributed by atoms with E-state index in [1.165, 1.54) is 10.3 Å². The maximum atomic E-state index is 12.3. The summed E-state index contributed by atoms with van der Waals surface area (Å²) in [6.07, 6.45) is 0. The first-order valence-corrected chi connectivity index (χ1v) is 10.9. The topological polar surface area (TPSA) is 54.1 Å². The lowest BCUT2D eigenvalue weighted by Gasteiger charge is -2.08. The van der Waals surface area contributed by atoms with Gasteiger partial charge < -0.3 is 15.0 Å². The molecule has 152 valence electrons. The molecule has 1 amide bonds. The molecule has 30 heavy (non-hydrogen) atoms. The van der Waals surface area contributed by atoms with Gasteiger partial charge in [0.1, 0.15) is 5.75 Å². The number of halogens is 1. The lowest BCUT2D eigenvalue weighted by Crippen LogP contribution is -2.25. The van der Waals surface area contributed by atoms with Gasteiger partial charge in [-0.05, 0) is 54.1 Å². The molecule has 0 aliphatic heterocycles. The standard InChI is InChI=1S/C24H21ClN2O2S/c1-29-19-11-9-16(10-12-19)22-23(20-7-2-3-8-21(20)27-22)30-14-13-26-24(28)17-5-4-6-18(25)15-17/h2-12,15,27H,13-14H2,1H3,(H,26,28). The van der Waals surface area contributed by atoms with Crippen molar-refractivity contribution < 1.29 is 9.53 Å². The first-order valence-electron chi connectivity index (χ1n) is 9.57. The molecule has 3 aromatic carbocycles. The summed E-state index contributed by atoms with van der Waals surface area (Å²) in [5.41, 5.74) is 3.83. The van der Waals surface area contributed by atoms with Crippen molar-refractivity contribution in [2.75, 3.05) is 19.4 Å². The molecule has 0 atom stereocenters. The quantitative estimate of drug-likeness (QED) is 0.275. The van der Waals surface area contributed by atoms with Gasteiger partial charge in [0.15, 0.2) is 0 Å². The Morgan fingerprint density at radius 2 is 1.87 bits per heavy atom. The SMILES string of the molecule is COc1ccc(-c2[nH]c3ccccc3c2SCCNC(=O)c2cccc(Cl)c2)cc1. The zero-order valence-corrected chi connectivity index (χ0v) is 18.0. The Labute approximate surface area is 184 Å². The van der Waals surface area contributed by atoms with Crippen LogP contribution in [0.5, 0.6) is 5.75 Å². The summed E-state index contributed by atoms with van der Waals surface area (Å²) in [6.45, 7) is 0.553. The predicted octanol–water partition coefficient (Wildman–Crippen LogP) is 6.02. The highest BCUT2D eigenvalue weighted by molar-refractivity contribution is 7.99. The van der Waals surface area contributed by atoms with Gasteiger partial charge in [-0.2, -0.15) is 0 Å². The monoisotopic (exact) mass is 436 g/mol. The fourth-order valence-corrected chi connectivity index (χ4v) is 4.52. The Hall–Kier alpha value is -2.89. The molecule has 0 radical (unpaired) electrons. The first-order chi connectivity index (χ1) is 14.7. The van der Waals surface area contributed by atoms with E-state index in [4.69, 9.17) is 16.3 Å². The van der Waals surface area contributed by atoms with Gasteiger partial charge in [0.25, 0.3) is 5.91 Å². The van der Waals surface area contributed by atoms with Gasteiger partial charge in [0, 0.05) is 38.7 Å². The van der Waals surface area contributed by atoms with Crippen molar-refractivity contribution in [3.05, 3.63) is 83.4 Å². The number of aromatic amines is 1. The third-order valence-corrected chi connectivity index (χ3v) is 6.11. The molecule has 1 heterocycles. The average molecular weight is 437 g/mol. The highest BCUT2D eigenvalue weighted by Gasteiger charge is 2.14. The molecule has 0 saturated carbocycles. The van der Waals surface area contributed by atoms with E-state index >= 15 is 0 Å². The van der Waals surface area contributed by atoms with Crippen molar-refractivity contribution in [1.29, 1.82) is 0 Å². The van der Waals surface area contributed by atoms with E-state index < -0.39 is 0 Å². The van der Waals surface area contributed by atoms with E-state index in [0.717, 1.165) is 28.3 Å². The molecule has 0 saturated heterocycles. The van der Waals surface area contributed by atoms with Crippen molar-refractivity contribution in [1.82, 2.24) is 10.3 Å². The zero-order chi connectivity index (χ0) is 20.9. The number of benzene rings is 3. The lowest BCUT2D eigenvalue weighted by atomic mass is 10.1. The maximum absolute atomic E-state index is 12.3. The van der Waals surface area contributed by atoms with Gasteiger partial charge in [0.2, 0.25) is 0 Å². The second kappa shape index (κ2) is 9.28. The van der Waals surface area contributed by atoms with Gasteiger partial charge in [-0.15, -0.1) is 11.8 Å². The van der Waals surface area contributed by atoms with Crippen LogP contribution in [-0.2, 0) is 0 Å². The summed E-state index contributed by atoms with van der Waals surface area (Å²) in [4.78, 5) is 17.0. The number of carbonyl (C=O) groups is 1. The number of carbonyl (C=O) groups excluding carboxylic acids is 1. The number of ether oxygens (including phenoxy) is 1. The Kier molecular flexibility index (Phi) is 6.31. The molecule has 4 rings (SSSR count). The third kappa shape index (κ3) is 4.48. The number of thioether (sulfide) groups is 1. The number of nitrogens with one attached hydrogen (secondary N) is 2. The fraction of sp³-hybridized carbons (Fsp3) is 0.125. The number of hydrogen-bond donors (Lipinski definition) is 2. The number of aromatic nitrogens is 1. The van der Waals surface area contributed by atoms with Crippen LogP contribution in [-0.4, -0.2) is 30.3 Å². The molecule has 0 unspecified atom stereocenters. The smallest absolute Gasteiger partial charge is 0.251 e. The highest BCUT2D eigenvalue weighted by atomic mass is 35.5. The molecule has 1 aromatic heterocycles. The molecule has 0 spiro atoms. The molecule has 4 aromatic rings. The van der Waals surface area contributed by atoms with Gasteiger partial charge in [0.05, 0.1) is 12.8 Å². The molecular weight excluding hydrogens is 416 g/mol. The number of H-pyrrole nitrogens is 1. The van der Waals surface area contributed by atoms with E-state index in [0.29, 0.717) is 17.1 Å². The predicted molar refractivity (Wildman–Crippen MR) is 125 cm³/mol. The van der Waals surface area contributed by atoms with Crippen molar-refractivity contribution >= 4 is 40.2 Å². The summed E-state index contributed by atoms with van der Waals surface area (Å²) < 4.78 is 5.28. The Morgan fingerprint density at radius 1 is 1.07 bits per heavy atom. The Bertz CT molecular complexity index is 1170. The van der Waals surface area contributed by atoms with E-state index in [9.17, 15) is 4.79 Å². The van der Waals surface area contributed by atoms with E-state index in [-0.39, 0.29) is 5.91 Å². The minimum Gasteiger partial charge on any atom is -0.497 e. The third-order valence-electron chi connectivity index (χ3n) is 4.76. The summed E-state index contributed by atoms with van der Waals surface area (Å²) in [5, 5.41) is 4.70. The van der Waals surface area contributed by atoms with Crippen LogP contribution in [0.15, 0.2) is 77.7 Å². The number of amides is 1. The average Bonchev–Trinajstić information content (AvgIpc) is 3.15. The molecule has 4 nitrogen and oxygen atoms in total. The summed E-state index contributed by atoms with van der Waals surface area (Å²) in [5.74, 6) is 1.46. The van der Waals surface area contributed by atoms with Gasteiger partial charge >= 0.3 is 0 Å². The van der Waals surface area contributed by atoms with Crippen molar-refractivity contribution in [2.45, 2.75) is 4.90 Å². The van der Waals surface area contributed by atoms with Crippen LogP contribution in [0.4, 0.5) is 0 Å². The number of para-hydroxylation sites is 1. The summed E-state index contributed by atoms with van der Waals surface area (Å²) in [6, 6.07) is 23.2. The molecule has 6 heteroatoms. The molecular formula is C24H21ClN2O2S. The molecule has 0 aliphatic rings. The van der Waals surface area contributed by atoms with Crippen LogP contribution in [0.1, 0.15) is 10.4 Å². The minimum absolute atomic E-state index is 0.118. The number of methoxy groups -OCH3 is 1. The fourth-order valence-electron chi connectivity index (χ4n) is 3.28. The van der Waals surface area contributed by atoms with E-state index in [2.05, 4.69) is 34.6 Å². The summed E-state index contributed by atoms with van der Waals surface area (Å²) >= 11 is 7.70. The van der Waals surface area contributed by atoms with Gasteiger partial charge in [-0.25, -0.2) is 0 Å². The Morgan fingerprint density at radius 3 is 2.63 bits per heavy atom. The van der Waals surface area contributed by atoms with Crippen LogP contribution in [0.25, 0.3) is 22.2 Å². The maximum Gasteiger partial charge on any atom is 0.251 e. The van der Waals surface area contributed by atoms with Crippen molar-refractivity contribution in [3.8, 4) is 17.0 Å². The molecule has 0 bridgehead atoms. The van der Waals surface area contributed by atoms with Crippen molar-refractivity contribution in [3.63, 3.8) is 0 Å². The number of fused-ring (bicyclic) bond motifs is 1.